The van der Waals surface area contributed by atoms with Gasteiger partial charge in [-0.15, -0.1) is 0 Å². The van der Waals surface area contributed by atoms with Gasteiger partial charge < -0.3 is 10.2 Å². The number of carbonyl (C=O) groups is 4. The molecule has 2 aliphatic rings. The van der Waals surface area contributed by atoms with Crippen LogP contribution in [0.5, 0.6) is 0 Å². The van der Waals surface area contributed by atoms with E-state index in [1.165, 1.54) is 17.0 Å². The summed E-state index contributed by atoms with van der Waals surface area (Å²) in [4.78, 5) is 52.3. The van der Waals surface area contributed by atoms with Crippen LogP contribution in [0, 0.1) is 5.82 Å². The molecule has 166 valence electrons. The predicted molar refractivity (Wildman–Crippen MR) is 115 cm³/mol. The van der Waals surface area contributed by atoms with E-state index in [2.05, 4.69) is 5.32 Å². The second-order valence-electron chi connectivity index (χ2n) is 8.02. The van der Waals surface area contributed by atoms with Gasteiger partial charge in [0.2, 0.25) is 5.91 Å². The predicted octanol–water partition coefficient (Wildman–Crippen LogP) is 2.62. The van der Waals surface area contributed by atoms with Crippen molar-refractivity contribution >= 4 is 23.6 Å². The summed E-state index contributed by atoms with van der Waals surface area (Å²) in [6.45, 7) is 1.07. The van der Waals surface area contributed by atoms with E-state index >= 15 is 0 Å². The number of imide groups is 1. The van der Waals surface area contributed by atoms with Crippen molar-refractivity contribution in [3.8, 4) is 0 Å². The number of rotatable bonds is 6. The molecular formula is C24H24FN3O4. The standard InChI is InChI=1S/C24H24FN3O4/c25-20-9-4-3-8-19(20)22(30)27-14-11-16(12-15-27)26-21(29)10-5-13-28-23(31)17-6-1-2-7-18(17)24(28)32/h1-4,6-9,16H,5,10-15H2,(H,26,29). The second-order valence-corrected chi connectivity index (χ2v) is 8.02. The Hall–Kier alpha value is -3.55. The van der Waals surface area contributed by atoms with E-state index in [9.17, 15) is 23.6 Å². The average molecular weight is 437 g/mol. The summed E-state index contributed by atoms with van der Waals surface area (Å²) < 4.78 is 13.8. The number of hydrogen-bond acceptors (Lipinski definition) is 4. The first-order valence-electron chi connectivity index (χ1n) is 10.7. The van der Waals surface area contributed by atoms with Crippen molar-refractivity contribution in [1.82, 2.24) is 15.1 Å². The van der Waals surface area contributed by atoms with Crippen LogP contribution in [-0.2, 0) is 4.79 Å². The maximum Gasteiger partial charge on any atom is 0.261 e. The number of carbonyl (C=O) groups excluding carboxylic acids is 4. The summed E-state index contributed by atoms with van der Waals surface area (Å²) in [5, 5.41) is 2.96. The van der Waals surface area contributed by atoms with E-state index in [1.807, 2.05) is 0 Å². The third-order valence-electron chi connectivity index (χ3n) is 5.92. The molecule has 0 atom stereocenters. The fourth-order valence-corrected chi connectivity index (χ4v) is 4.17. The molecule has 0 radical (unpaired) electrons. The Bertz CT molecular complexity index is 1030. The van der Waals surface area contributed by atoms with Crippen molar-refractivity contribution in [1.29, 1.82) is 0 Å². The molecule has 0 spiro atoms. The van der Waals surface area contributed by atoms with Gasteiger partial charge in [0.05, 0.1) is 16.7 Å². The number of likely N-dealkylation sites (tertiary alicyclic amines) is 1. The van der Waals surface area contributed by atoms with Gasteiger partial charge in [0.1, 0.15) is 5.82 Å². The average Bonchev–Trinajstić information content (AvgIpc) is 3.04. The van der Waals surface area contributed by atoms with Gasteiger partial charge in [0.15, 0.2) is 0 Å². The van der Waals surface area contributed by atoms with Crippen LogP contribution in [0.2, 0.25) is 0 Å². The smallest absolute Gasteiger partial charge is 0.261 e. The molecule has 2 heterocycles. The number of nitrogens with one attached hydrogen (secondary N) is 1. The summed E-state index contributed by atoms with van der Waals surface area (Å²) in [6, 6.07) is 12.5. The lowest BCUT2D eigenvalue weighted by Gasteiger charge is -2.32. The number of amides is 4. The minimum Gasteiger partial charge on any atom is -0.353 e. The molecule has 4 amide bonds. The van der Waals surface area contributed by atoms with Gasteiger partial charge in [0, 0.05) is 32.1 Å². The van der Waals surface area contributed by atoms with Crippen LogP contribution in [0.25, 0.3) is 0 Å². The Morgan fingerprint density at radius 1 is 0.938 bits per heavy atom. The third-order valence-corrected chi connectivity index (χ3v) is 5.92. The van der Waals surface area contributed by atoms with Crippen LogP contribution < -0.4 is 5.32 Å². The molecule has 8 heteroatoms. The monoisotopic (exact) mass is 437 g/mol. The summed E-state index contributed by atoms with van der Waals surface area (Å²) in [6.07, 6.45) is 1.75. The zero-order valence-corrected chi connectivity index (χ0v) is 17.6. The Labute approximate surface area is 185 Å². The van der Waals surface area contributed by atoms with Crippen LogP contribution >= 0.6 is 0 Å². The lowest BCUT2D eigenvalue weighted by molar-refractivity contribution is -0.122. The lowest BCUT2D eigenvalue weighted by atomic mass is 10.0. The summed E-state index contributed by atoms with van der Waals surface area (Å²) in [5.41, 5.74) is 0.862. The minimum absolute atomic E-state index is 0.0585. The molecule has 0 saturated carbocycles. The highest BCUT2D eigenvalue weighted by Gasteiger charge is 2.34. The molecule has 7 nitrogen and oxygen atoms in total. The number of hydrogen-bond donors (Lipinski definition) is 1. The van der Waals surface area contributed by atoms with Crippen LogP contribution in [0.1, 0.15) is 56.8 Å². The number of piperidine rings is 1. The summed E-state index contributed by atoms with van der Waals surface area (Å²) in [5.74, 6) is -1.67. The first-order chi connectivity index (χ1) is 15.5. The Morgan fingerprint density at radius 3 is 2.16 bits per heavy atom. The maximum atomic E-state index is 13.8. The minimum atomic E-state index is -0.536. The maximum absolute atomic E-state index is 13.8. The van der Waals surface area contributed by atoms with Crippen molar-refractivity contribution in [2.45, 2.75) is 31.7 Å². The number of halogens is 1. The van der Waals surface area contributed by atoms with Gasteiger partial charge in [-0.05, 0) is 43.5 Å². The molecule has 0 aromatic heterocycles. The zero-order chi connectivity index (χ0) is 22.7. The Kier molecular flexibility index (Phi) is 6.30. The highest BCUT2D eigenvalue weighted by molar-refractivity contribution is 6.21. The van der Waals surface area contributed by atoms with Gasteiger partial charge in [-0.2, -0.15) is 0 Å². The van der Waals surface area contributed by atoms with Crippen LogP contribution in [0.4, 0.5) is 4.39 Å². The largest absolute Gasteiger partial charge is 0.353 e. The summed E-state index contributed by atoms with van der Waals surface area (Å²) >= 11 is 0. The molecule has 1 saturated heterocycles. The van der Waals surface area contributed by atoms with Crippen molar-refractivity contribution in [2.24, 2.45) is 0 Å². The first kappa shape index (κ1) is 21.7. The van der Waals surface area contributed by atoms with Gasteiger partial charge in [-0.25, -0.2) is 4.39 Å². The van der Waals surface area contributed by atoms with Crippen LogP contribution in [-0.4, -0.2) is 59.1 Å². The van der Waals surface area contributed by atoms with Crippen molar-refractivity contribution < 1.29 is 23.6 Å². The molecule has 2 aliphatic heterocycles. The van der Waals surface area contributed by atoms with E-state index in [-0.39, 0.29) is 48.2 Å². The van der Waals surface area contributed by atoms with Crippen molar-refractivity contribution in [3.63, 3.8) is 0 Å². The molecule has 2 aromatic rings. The van der Waals surface area contributed by atoms with E-state index in [0.29, 0.717) is 43.5 Å². The Balaban J connectivity index is 1.20. The Morgan fingerprint density at radius 2 is 1.53 bits per heavy atom. The molecule has 0 unspecified atom stereocenters. The number of nitrogens with zero attached hydrogens (tertiary/aromatic N) is 2. The van der Waals surface area contributed by atoms with Gasteiger partial charge in [-0.3, -0.25) is 24.1 Å². The van der Waals surface area contributed by atoms with Gasteiger partial charge in [-0.1, -0.05) is 24.3 Å². The fourth-order valence-electron chi connectivity index (χ4n) is 4.17. The molecule has 4 rings (SSSR count). The van der Waals surface area contributed by atoms with Gasteiger partial charge in [0.25, 0.3) is 17.7 Å². The fraction of sp³-hybridized carbons (Fsp3) is 0.333. The van der Waals surface area contributed by atoms with Crippen LogP contribution in [0.3, 0.4) is 0 Å². The lowest BCUT2D eigenvalue weighted by Crippen LogP contribution is -2.46. The third kappa shape index (κ3) is 4.39. The van der Waals surface area contributed by atoms with E-state index in [1.54, 1.807) is 41.3 Å². The molecule has 1 N–H and O–H groups in total. The van der Waals surface area contributed by atoms with Crippen LogP contribution in [0.15, 0.2) is 48.5 Å². The molecule has 2 aromatic carbocycles. The number of fused-ring (bicyclic) bond motifs is 1. The number of benzene rings is 2. The SMILES string of the molecule is O=C(CCCN1C(=O)c2ccccc2C1=O)NC1CCN(C(=O)c2ccccc2F)CC1. The molecule has 1 fully saturated rings. The molecule has 0 aliphatic carbocycles. The summed E-state index contributed by atoms with van der Waals surface area (Å²) in [7, 11) is 0. The second kappa shape index (κ2) is 9.30. The molecule has 32 heavy (non-hydrogen) atoms. The quantitative estimate of drug-likeness (QED) is 0.704. The zero-order valence-electron chi connectivity index (χ0n) is 17.6. The normalized spacial score (nSPS) is 16.3. The van der Waals surface area contributed by atoms with E-state index in [4.69, 9.17) is 0 Å². The first-order valence-corrected chi connectivity index (χ1v) is 10.7. The van der Waals surface area contributed by atoms with Gasteiger partial charge >= 0.3 is 0 Å². The molecular weight excluding hydrogens is 413 g/mol. The van der Waals surface area contributed by atoms with E-state index < -0.39 is 5.82 Å². The highest BCUT2D eigenvalue weighted by atomic mass is 19.1. The topological polar surface area (TPSA) is 86.8 Å². The molecule has 0 bridgehead atoms. The van der Waals surface area contributed by atoms with E-state index in [0.717, 1.165) is 0 Å². The van der Waals surface area contributed by atoms with Crippen molar-refractivity contribution in [2.75, 3.05) is 19.6 Å². The van der Waals surface area contributed by atoms with Crippen molar-refractivity contribution in [3.05, 3.63) is 71.0 Å². The highest BCUT2D eigenvalue weighted by Crippen LogP contribution is 2.22.